The van der Waals surface area contributed by atoms with Gasteiger partial charge in [-0.3, -0.25) is 9.78 Å². The number of alkyl halides is 8. The zero-order chi connectivity index (χ0) is 15.0. The number of ether oxygens (including phenoxy) is 1. The first-order valence-electron chi connectivity index (χ1n) is 4.30. The molecule has 3 nitrogen and oxygen atoms in total. The maximum absolute atomic E-state index is 12.4. The maximum atomic E-state index is 12.4. The molecule has 108 valence electrons. The first kappa shape index (κ1) is 15.2. The lowest BCUT2D eigenvalue weighted by Crippen LogP contribution is -2.26. The summed E-state index contributed by atoms with van der Waals surface area (Å²) < 4.78 is 100.0. The molecule has 0 aromatic carbocycles. The second-order valence-corrected chi connectivity index (χ2v) is 3.14. The number of hydrogen-bond donors (Lipinski definition) is 1. The number of nitrogens with one attached hydrogen (secondary N) is 1. The fraction of sp³-hybridized carbons (Fsp3) is 0.375. The maximum Gasteiger partial charge on any atom is 0.574 e. The minimum Gasteiger partial charge on any atom is -0.389 e. The Hall–Kier alpha value is -1.81. The predicted molar refractivity (Wildman–Crippen MR) is 43.7 cm³/mol. The molecule has 0 aliphatic heterocycles. The Labute approximate surface area is 98.3 Å². The minimum atomic E-state index is -5.44. The van der Waals surface area contributed by atoms with E-state index in [1.54, 1.807) is 0 Å². The minimum absolute atomic E-state index is 0.384. The number of halogens is 8. The van der Waals surface area contributed by atoms with Gasteiger partial charge in [-0.05, 0) is 6.07 Å². The van der Waals surface area contributed by atoms with E-state index in [2.05, 4.69) is 4.74 Å². The molecule has 0 aliphatic carbocycles. The molecule has 0 spiro atoms. The van der Waals surface area contributed by atoms with E-state index < -0.39 is 41.5 Å². The molecule has 1 aromatic rings. The summed E-state index contributed by atoms with van der Waals surface area (Å²) in [7, 11) is 0. The fourth-order valence-corrected chi connectivity index (χ4v) is 1.10. The van der Waals surface area contributed by atoms with Gasteiger partial charge < -0.3 is 4.74 Å². The van der Waals surface area contributed by atoms with E-state index in [1.165, 1.54) is 0 Å². The first-order valence-corrected chi connectivity index (χ1v) is 4.30. The van der Waals surface area contributed by atoms with Gasteiger partial charge in [-0.2, -0.15) is 13.2 Å². The Morgan fingerprint density at radius 1 is 1.11 bits per heavy atom. The van der Waals surface area contributed by atoms with Crippen LogP contribution >= 0.6 is 0 Å². The molecule has 0 radical (unpaired) electrons. The van der Waals surface area contributed by atoms with Crippen LogP contribution in [0.15, 0.2) is 10.9 Å². The third kappa shape index (κ3) is 3.83. The molecule has 1 N–H and O–H groups in total. The lowest BCUT2D eigenvalue weighted by molar-refractivity contribution is -0.276. The average Bonchev–Trinajstić information content (AvgIpc) is 2.11. The van der Waals surface area contributed by atoms with Gasteiger partial charge >= 0.3 is 12.5 Å². The van der Waals surface area contributed by atoms with Crippen LogP contribution in [0.5, 0.6) is 5.88 Å². The van der Waals surface area contributed by atoms with Crippen LogP contribution in [0.4, 0.5) is 35.1 Å². The van der Waals surface area contributed by atoms with Gasteiger partial charge in [-0.25, -0.2) is 8.78 Å². The summed E-state index contributed by atoms with van der Waals surface area (Å²) in [5.41, 5.74) is -5.78. The van der Waals surface area contributed by atoms with Crippen LogP contribution in [0.3, 0.4) is 0 Å². The van der Waals surface area contributed by atoms with Crippen LogP contribution in [0.1, 0.15) is 17.6 Å². The number of rotatable bonds is 2. The molecule has 1 aromatic heterocycles. The van der Waals surface area contributed by atoms with Gasteiger partial charge in [0.2, 0.25) is 5.88 Å². The molecule has 0 amide bonds. The second kappa shape index (κ2) is 4.70. The highest BCUT2D eigenvalue weighted by Crippen LogP contribution is 2.34. The molecule has 1 rings (SSSR count). The van der Waals surface area contributed by atoms with E-state index in [0.29, 0.717) is 0 Å². The number of aromatic nitrogens is 1. The molecule has 0 aliphatic rings. The summed E-state index contributed by atoms with van der Waals surface area (Å²) in [6, 6.07) is -0.384. The zero-order valence-corrected chi connectivity index (χ0v) is 8.49. The molecular weight excluding hydrogens is 294 g/mol. The van der Waals surface area contributed by atoms with Crippen molar-refractivity contribution in [1.29, 1.82) is 0 Å². The van der Waals surface area contributed by atoms with Crippen molar-refractivity contribution in [2.75, 3.05) is 0 Å². The van der Waals surface area contributed by atoms with E-state index in [-0.39, 0.29) is 6.07 Å². The van der Waals surface area contributed by atoms with Crippen molar-refractivity contribution >= 4 is 0 Å². The van der Waals surface area contributed by atoms with Crippen LogP contribution in [0.25, 0.3) is 0 Å². The van der Waals surface area contributed by atoms with E-state index >= 15 is 0 Å². The largest absolute Gasteiger partial charge is 0.574 e. The normalized spacial score (nSPS) is 12.9. The highest BCUT2D eigenvalue weighted by Gasteiger charge is 2.38. The molecule has 0 unspecified atom stereocenters. The molecule has 0 bridgehead atoms. The van der Waals surface area contributed by atoms with Crippen molar-refractivity contribution < 1.29 is 39.9 Å². The van der Waals surface area contributed by atoms with Crippen LogP contribution in [0.2, 0.25) is 0 Å². The zero-order valence-electron chi connectivity index (χ0n) is 8.49. The molecule has 0 saturated heterocycles. The smallest absolute Gasteiger partial charge is 0.389 e. The second-order valence-electron chi connectivity index (χ2n) is 3.14. The highest BCUT2D eigenvalue weighted by atomic mass is 19.4. The van der Waals surface area contributed by atoms with Gasteiger partial charge in [0, 0.05) is 0 Å². The van der Waals surface area contributed by atoms with E-state index in [4.69, 9.17) is 0 Å². The van der Waals surface area contributed by atoms with Crippen molar-refractivity contribution in [2.45, 2.75) is 19.0 Å². The van der Waals surface area contributed by atoms with Gasteiger partial charge in [0.1, 0.15) is 5.56 Å². The first-order chi connectivity index (χ1) is 8.42. The standard InChI is InChI=1S/C8H3F8NO2/c9-4(10)2-1-3(7(11,12)13)5(18)17-6(2)19-8(14,15)16/h1,4H,(H,17,18). The van der Waals surface area contributed by atoms with Crippen molar-refractivity contribution in [3.63, 3.8) is 0 Å². The Kier molecular flexibility index (Phi) is 3.77. The predicted octanol–water partition coefficient (Wildman–Crippen LogP) is 3.23. The third-order valence-corrected chi connectivity index (χ3v) is 1.79. The van der Waals surface area contributed by atoms with Crippen molar-refractivity contribution in [3.8, 4) is 5.88 Å². The number of H-pyrrole nitrogens is 1. The van der Waals surface area contributed by atoms with Crippen LogP contribution < -0.4 is 10.3 Å². The molecular formula is C8H3F8NO2. The molecule has 11 heteroatoms. The summed E-state index contributed by atoms with van der Waals surface area (Å²) in [5, 5.41) is 0. The topological polar surface area (TPSA) is 42.1 Å². The molecule has 0 atom stereocenters. The summed E-state index contributed by atoms with van der Waals surface area (Å²) in [5.74, 6) is -1.78. The van der Waals surface area contributed by atoms with Crippen LogP contribution in [0, 0.1) is 0 Å². The lowest BCUT2D eigenvalue weighted by Gasteiger charge is -2.14. The van der Waals surface area contributed by atoms with Crippen LogP contribution in [-0.4, -0.2) is 11.3 Å². The lowest BCUT2D eigenvalue weighted by atomic mass is 10.2. The SMILES string of the molecule is O=c1[nH]c(OC(F)(F)F)c(C(F)F)cc1C(F)(F)F. The van der Waals surface area contributed by atoms with E-state index in [1.807, 2.05) is 0 Å². The third-order valence-electron chi connectivity index (χ3n) is 1.79. The molecule has 0 saturated carbocycles. The Morgan fingerprint density at radius 2 is 1.63 bits per heavy atom. The van der Waals surface area contributed by atoms with Gasteiger partial charge in [0.15, 0.2) is 0 Å². The molecule has 1 heterocycles. The summed E-state index contributed by atoms with van der Waals surface area (Å²) in [4.78, 5) is 11.9. The number of aromatic amines is 1. The Balaban J connectivity index is 3.43. The fourth-order valence-electron chi connectivity index (χ4n) is 1.10. The van der Waals surface area contributed by atoms with Gasteiger partial charge in [0.25, 0.3) is 12.0 Å². The van der Waals surface area contributed by atoms with Crippen molar-refractivity contribution in [1.82, 2.24) is 4.98 Å². The molecule has 19 heavy (non-hydrogen) atoms. The number of hydrogen-bond acceptors (Lipinski definition) is 2. The monoisotopic (exact) mass is 297 g/mol. The van der Waals surface area contributed by atoms with Crippen molar-refractivity contribution in [3.05, 3.63) is 27.5 Å². The van der Waals surface area contributed by atoms with Gasteiger partial charge in [0.05, 0.1) is 5.56 Å². The highest BCUT2D eigenvalue weighted by molar-refractivity contribution is 5.32. The average molecular weight is 297 g/mol. The molecule has 0 fully saturated rings. The van der Waals surface area contributed by atoms with E-state index in [0.717, 1.165) is 4.98 Å². The van der Waals surface area contributed by atoms with Crippen molar-refractivity contribution in [2.24, 2.45) is 0 Å². The summed E-state index contributed by atoms with van der Waals surface area (Å²) in [6.45, 7) is 0. The number of pyridine rings is 1. The Bertz CT molecular complexity index is 515. The Morgan fingerprint density at radius 3 is 2.00 bits per heavy atom. The summed E-state index contributed by atoms with van der Waals surface area (Å²) in [6.07, 6.45) is -14.4. The van der Waals surface area contributed by atoms with E-state index in [9.17, 15) is 39.9 Å². The summed E-state index contributed by atoms with van der Waals surface area (Å²) >= 11 is 0. The van der Waals surface area contributed by atoms with Gasteiger partial charge in [-0.15, -0.1) is 13.2 Å². The quantitative estimate of drug-likeness (QED) is 0.852. The van der Waals surface area contributed by atoms with Gasteiger partial charge in [-0.1, -0.05) is 0 Å². The van der Waals surface area contributed by atoms with Crippen LogP contribution in [-0.2, 0) is 6.18 Å².